The van der Waals surface area contributed by atoms with Crippen LogP contribution in [0, 0.1) is 0 Å². The van der Waals surface area contributed by atoms with Gasteiger partial charge in [-0.1, -0.05) is 15.9 Å². The van der Waals surface area contributed by atoms with Crippen molar-refractivity contribution in [2.24, 2.45) is 4.99 Å². The normalized spacial score (nSPS) is 16.5. The van der Waals surface area contributed by atoms with Crippen LogP contribution in [0.25, 0.3) is 0 Å². The lowest BCUT2D eigenvalue weighted by Crippen LogP contribution is -2.30. The molecule has 0 atom stereocenters. The van der Waals surface area contributed by atoms with Crippen molar-refractivity contribution < 1.29 is 4.79 Å². The Morgan fingerprint density at radius 3 is 3.09 bits per heavy atom. The van der Waals surface area contributed by atoms with Crippen molar-refractivity contribution in [1.29, 1.82) is 0 Å². The molecular weight excluding hydrogens is 208 g/mol. The molecule has 11 heavy (non-hydrogen) atoms. The molecule has 1 heterocycles. The molecule has 4 heteroatoms. The number of carbonyl (C=O) groups is 1. The van der Waals surface area contributed by atoms with Crippen molar-refractivity contribution in [3.05, 3.63) is 11.9 Å². The molecule has 3 nitrogen and oxygen atoms in total. The quantitative estimate of drug-likeness (QED) is 0.697. The molecule has 0 unspecified atom stereocenters. The monoisotopic (exact) mass is 216 g/mol. The van der Waals surface area contributed by atoms with Gasteiger partial charge >= 0.3 is 0 Å². The molecule has 0 aromatic carbocycles. The van der Waals surface area contributed by atoms with E-state index in [-0.39, 0.29) is 5.78 Å². The summed E-state index contributed by atoms with van der Waals surface area (Å²) in [5.74, 6) is 0.0428. The fourth-order valence-corrected chi connectivity index (χ4v) is 1.06. The lowest BCUT2D eigenvalue weighted by Gasteiger charge is -2.10. The first-order valence-corrected chi connectivity index (χ1v) is 4.42. The van der Waals surface area contributed by atoms with E-state index in [1.165, 1.54) is 0 Å². The predicted octanol–water partition coefficient (Wildman–Crippen LogP) is 0.856. The Labute approximate surface area is 73.7 Å². The maximum atomic E-state index is 11.0. The number of nitrogens with one attached hydrogen (secondary N) is 1. The van der Waals surface area contributed by atoms with Crippen LogP contribution in [-0.2, 0) is 4.79 Å². The number of carbonyl (C=O) groups excluding carboxylic acids is 1. The van der Waals surface area contributed by atoms with Gasteiger partial charge in [0.15, 0.2) is 5.78 Å². The van der Waals surface area contributed by atoms with Crippen molar-refractivity contribution in [1.82, 2.24) is 5.32 Å². The summed E-state index contributed by atoms with van der Waals surface area (Å²) >= 11 is 3.09. The number of hydrogen-bond acceptors (Lipinski definition) is 3. The van der Waals surface area contributed by atoms with Gasteiger partial charge < -0.3 is 5.32 Å². The Hall–Kier alpha value is -0.640. The second-order valence-electron chi connectivity index (χ2n) is 2.30. The van der Waals surface area contributed by atoms with Crippen molar-refractivity contribution in [3.8, 4) is 0 Å². The minimum Gasteiger partial charge on any atom is -0.382 e. The Bertz CT molecular complexity index is 233. The van der Waals surface area contributed by atoms with Gasteiger partial charge in [0.2, 0.25) is 0 Å². The summed E-state index contributed by atoms with van der Waals surface area (Å²) in [6.07, 6.45) is 1.67. The summed E-state index contributed by atoms with van der Waals surface area (Å²) < 4.78 is 0. The second-order valence-corrected chi connectivity index (χ2v) is 2.86. The number of alkyl halides is 1. The molecule has 1 rings (SSSR count). The molecule has 1 aliphatic rings. The molecule has 60 valence electrons. The van der Waals surface area contributed by atoms with Crippen LogP contribution in [0.15, 0.2) is 16.9 Å². The molecule has 0 radical (unpaired) electrons. The SMILES string of the molecule is CC1=CN=C(C(=O)CBr)CN1. The molecular formula is C7H9BrN2O. The maximum Gasteiger partial charge on any atom is 0.189 e. The molecule has 0 aliphatic carbocycles. The zero-order valence-corrected chi connectivity index (χ0v) is 7.81. The Balaban J connectivity index is 2.68. The van der Waals surface area contributed by atoms with E-state index in [0.717, 1.165) is 5.70 Å². The highest BCUT2D eigenvalue weighted by molar-refractivity contribution is 9.09. The first kappa shape index (κ1) is 8.46. The first-order chi connectivity index (χ1) is 5.24. The molecule has 0 aromatic heterocycles. The van der Waals surface area contributed by atoms with Crippen molar-refractivity contribution >= 4 is 27.4 Å². The van der Waals surface area contributed by atoms with Gasteiger partial charge in [-0.2, -0.15) is 0 Å². The molecule has 0 spiro atoms. The van der Waals surface area contributed by atoms with E-state index in [4.69, 9.17) is 0 Å². The van der Waals surface area contributed by atoms with Crippen molar-refractivity contribution in [2.45, 2.75) is 6.92 Å². The molecule has 1 aliphatic heterocycles. The van der Waals surface area contributed by atoms with Crippen LogP contribution >= 0.6 is 15.9 Å². The van der Waals surface area contributed by atoms with E-state index in [2.05, 4.69) is 26.2 Å². The van der Waals surface area contributed by atoms with Crippen LogP contribution in [0.2, 0.25) is 0 Å². The highest BCUT2D eigenvalue weighted by Crippen LogP contribution is 1.97. The standard InChI is InChI=1S/C7H9BrN2O/c1-5-3-10-6(4-9-5)7(11)2-8/h3,9H,2,4H2,1H3. The topological polar surface area (TPSA) is 41.5 Å². The number of rotatable bonds is 2. The Morgan fingerprint density at radius 2 is 2.64 bits per heavy atom. The van der Waals surface area contributed by atoms with Gasteiger partial charge in [-0.05, 0) is 6.92 Å². The number of ketones is 1. The first-order valence-electron chi connectivity index (χ1n) is 3.30. The largest absolute Gasteiger partial charge is 0.382 e. The summed E-state index contributed by atoms with van der Waals surface area (Å²) in [5, 5.41) is 3.38. The fourth-order valence-electron chi connectivity index (χ4n) is 0.737. The van der Waals surface area contributed by atoms with Gasteiger partial charge in [-0.25, -0.2) is 0 Å². The molecule has 0 saturated heterocycles. The summed E-state index contributed by atoms with van der Waals surface area (Å²) in [7, 11) is 0. The number of Topliss-reactive ketones (excluding diaryl/α,β-unsaturated/α-hetero) is 1. The van der Waals surface area contributed by atoms with Crippen LogP contribution in [-0.4, -0.2) is 23.4 Å². The third-order valence-electron chi connectivity index (χ3n) is 1.39. The zero-order valence-electron chi connectivity index (χ0n) is 6.22. The van der Waals surface area contributed by atoms with Crippen molar-refractivity contribution in [2.75, 3.05) is 11.9 Å². The molecule has 0 fully saturated rings. The van der Waals surface area contributed by atoms with E-state index < -0.39 is 0 Å². The molecule has 0 saturated carbocycles. The van der Waals surface area contributed by atoms with Crippen LogP contribution < -0.4 is 5.32 Å². The third-order valence-corrected chi connectivity index (χ3v) is 1.90. The number of halogens is 1. The minimum atomic E-state index is 0.0428. The average molecular weight is 217 g/mol. The van der Waals surface area contributed by atoms with Gasteiger partial charge in [-0.3, -0.25) is 9.79 Å². The summed E-state index contributed by atoms with van der Waals surface area (Å²) in [6, 6.07) is 0. The van der Waals surface area contributed by atoms with Crippen molar-refractivity contribution in [3.63, 3.8) is 0 Å². The fraction of sp³-hybridized carbons (Fsp3) is 0.429. The van der Waals surface area contributed by atoms with Crippen LogP contribution in [0.1, 0.15) is 6.92 Å². The second kappa shape index (κ2) is 3.67. The highest BCUT2D eigenvalue weighted by atomic mass is 79.9. The van der Waals surface area contributed by atoms with Gasteiger partial charge in [-0.15, -0.1) is 0 Å². The predicted molar refractivity (Wildman–Crippen MR) is 48.0 cm³/mol. The van der Waals surface area contributed by atoms with E-state index >= 15 is 0 Å². The van der Waals surface area contributed by atoms with Gasteiger partial charge in [0.25, 0.3) is 0 Å². The molecule has 0 aromatic rings. The number of hydrogen-bond donors (Lipinski definition) is 1. The Kier molecular flexibility index (Phi) is 2.82. The van der Waals surface area contributed by atoms with Crippen LogP contribution in [0.5, 0.6) is 0 Å². The van der Waals surface area contributed by atoms with Gasteiger partial charge in [0.1, 0.15) is 5.71 Å². The third kappa shape index (κ3) is 2.15. The zero-order chi connectivity index (χ0) is 8.27. The number of aliphatic imine (C=N–C) groups is 1. The van der Waals surface area contributed by atoms with E-state index in [0.29, 0.717) is 17.6 Å². The smallest absolute Gasteiger partial charge is 0.189 e. The average Bonchev–Trinajstić information content (AvgIpc) is 2.05. The van der Waals surface area contributed by atoms with Crippen LogP contribution in [0.3, 0.4) is 0 Å². The summed E-state index contributed by atoms with van der Waals surface area (Å²) in [6.45, 7) is 2.46. The lowest BCUT2D eigenvalue weighted by atomic mass is 10.2. The summed E-state index contributed by atoms with van der Waals surface area (Å²) in [4.78, 5) is 15.0. The molecule has 1 N–H and O–H groups in total. The van der Waals surface area contributed by atoms with Gasteiger partial charge in [0.05, 0.1) is 11.9 Å². The minimum absolute atomic E-state index is 0.0428. The molecule has 0 bridgehead atoms. The lowest BCUT2D eigenvalue weighted by molar-refractivity contribution is -0.110. The highest BCUT2D eigenvalue weighted by Gasteiger charge is 2.11. The van der Waals surface area contributed by atoms with E-state index in [1.54, 1.807) is 6.20 Å². The summed E-state index contributed by atoms with van der Waals surface area (Å²) in [5.41, 5.74) is 1.59. The number of allylic oxidation sites excluding steroid dienone is 1. The van der Waals surface area contributed by atoms with Gasteiger partial charge in [0, 0.05) is 11.9 Å². The van der Waals surface area contributed by atoms with E-state index in [9.17, 15) is 4.79 Å². The molecule has 0 amide bonds. The number of nitrogens with zero attached hydrogens (tertiary/aromatic N) is 1. The Morgan fingerprint density at radius 1 is 1.91 bits per heavy atom. The maximum absolute atomic E-state index is 11.0. The van der Waals surface area contributed by atoms with Crippen LogP contribution in [0.4, 0.5) is 0 Å². The van der Waals surface area contributed by atoms with E-state index in [1.807, 2.05) is 6.92 Å².